The van der Waals surface area contributed by atoms with Crippen molar-refractivity contribution in [3.05, 3.63) is 48.0 Å². The summed E-state index contributed by atoms with van der Waals surface area (Å²) in [7, 11) is 0. The van der Waals surface area contributed by atoms with E-state index in [1.807, 2.05) is 0 Å². The number of aromatic nitrogens is 2. The molecule has 0 atom stereocenters. The Morgan fingerprint density at radius 2 is 2.00 bits per heavy atom. The zero-order valence-corrected chi connectivity index (χ0v) is 13.3. The van der Waals surface area contributed by atoms with E-state index < -0.39 is 0 Å². The minimum absolute atomic E-state index is 0.162. The van der Waals surface area contributed by atoms with Crippen LogP contribution in [0.25, 0.3) is 0 Å². The molecule has 0 aliphatic carbocycles. The molecule has 1 heterocycles. The van der Waals surface area contributed by atoms with Crippen LogP contribution in [0, 0.1) is 5.82 Å². The zero-order chi connectivity index (χ0) is 16.5. The Kier molecular flexibility index (Phi) is 6.59. The second-order valence-electron chi connectivity index (χ2n) is 5.28. The van der Waals surface area contributed by atoms with Gasteiger partial charge in [-0.15, -0.1) is 0 Å². The van der Waals surface area contributed by atoms with Gasteiger partial charge in [0, 0.05) is 12.7 Å². The molecule has 1 N–H and O–H groups in total. The van der Waals surface area contributed by atoms with Crippen molar-refractivity contribution < 1.29 is 13.9 Å². The number of nitrogens with zero attached hydrogens (tertiary/aromatic N) is 2. The van der Waals surface area contributed by atoms with Crippen LogP contribution < -0.4 is 10.1 Å². The van der Waals surface area contributed by atoms with Gasteiger partial charge in [-0.25, -0.2) is 9.07 Å². The van der Waals surface area contributed by atoms with Crippen LogP contribution in [-0.2, 0) is 6.73 Å². The average Bonchev–Trinajstić information content (AvgIpc) is 3.03. The van der Waals surface area contributed by atoms with E-state index in [9.17, 15) is 9.18 Å². The van der Waals surface area contributed by atoms with Crippen molar-refractivity contribution in [2.24, 2.45) is 0 Å². The molecule has 0 spiro atoms. The SMILES string of the molecule is CCCCCCNC(=O)c1ccn(COc2ccc(F)cc2)n1. The maximum Gasteiger partial charge on any atom is 0.271 e. The molecule has 0 radical (unpaired) electrons. The number of carbonyl (C=O) groups is 1. The maximum atomic E-state index is 12.8. The van der Waals surface area contributed by atoms with Crippen LogP contribution in [0.15, 0.2) is 36.5 Å². The van der Waals surface area contributed by atoms with Gasteiger partial charge in [0.2, 0.25) is 0 Å². The lowest BCUT2D eigenvalue weighted by Gasteiger charge is -2.06. The highest BCUT2D eigenvalue weighted by Gasteiger charge is 2.08. The Bertz CT molecular complexity index is 611. The Labute approximate surface area is 135 Å². The molecule has 1 aromatic carbocycles. The van der Waals surface area contributed by atoms with Gasteiger partial charge in [-0.3, -0.25) is 4.79 Å². The number of hydrogen-bond acceptors (Lipinski definition) is 3. The fraction of sp³-hybridized carbons (Fsp3) is 0.412. The second-order valence-corrected chi connectivity index (χ2v) is 5.28. The lowest BCUT2D eigenvalue weighted by Crippen LogP contribution is -2.25. The van der Waals surface area contributed by atoms with Gasteiger partial charge in [0.25, 0.3) is 5.91 Å². The number of carbonyl (C=O) groups excluding carboxylic acids is 1. The first kappa shape index (κ1) is 17.0. The van der Waals surface area contributed by atoms with E-state index in [1.54, 1.807) is 24.4 Å². The Balaban J connectivity index is 1.76. The summed E-state index contributed by atoms with van der Waals surface area (Å²) in [4.78, 5) is 11.9. The third-order valence-corrected chi connectivity index (χ3v) is 3.37. The van der Waals surface area contributed by atoms with Gasteiger partial charge in [-0.1, -0.05) is 26.2 Å². The van der Waals surface area contributed by atoms with Crippen molar-refractivity contribution >= 4 is 5.91 Å². The highest BCUT2D eigenvalue weighted by atomic mass is 19.1. The number of nitrogens with one attached hydrogen (secondary N) is 1. The van der Waals surface area contributed by atoms with Gasteiger partial charge in [0.05, 0.1) is 0 Å². The number of halogens is 1. The quantitative estimate of drug-likeness (QED) is 0.721. The molecule has 2 aromatic rings. The molecule has 5 nitrogen and oxygen atoms in total. The van der Waals surface area contributed by atoms with E-state index in [4.69, 9.17) is 4.74 Å². The molecular formula is C17H22FN3O2. The lowest BCUT2D eigenvalue weighted by molar-refractivity contribution is 0.0946. The summed E-state index contributed by atoms with van der Waals surface area (Å²) in [6, 6.07) is 7.40. The van der Waals surface area contributed by atoms with Crippen LogP contribution in [-0.4, -0.2) is 22.2 Å². The van der Waals surface area contributed by atoms with Gasteiger partial charge in [0.15, 0.2) is 6.73 Å². The van der Waals surface area contributed by atoms with Crippen LogP contribution in [0.5, 0.6) is 5.75 Å². The summed E-state index contributed by atoms with van der Waals surface area (Å²) < 4.78 is 19.8. The molecule has 0 unspecified atom stereocenters. The Morgan fingerprint density at radius 1 is 1.22 bits per heavy atom. The number of hydrogen-bond donors (Lipinski definition) is 1. The van der Waals surface area contributed by atoms with E-state index >= 15 is 0 Å². The molecule has 0 fully saturated rings. The molecule has 6 heteroatoms. The van der Waals surface area contributed by atoms with Crippen LogP contribution in [0.3, 0.4) is 0 Å². The number of rotatable bonds is 9. The molecular weight excluding hydrogens is 297 g/mol. The third-order valence-electron chi connectivity index (χ3n) is 3.37. The van der Waals surface area contributed by atoms with Crippen LogP contribution in [0.4, 0.5) is 4.39 Å². The fourth-order valence-corrected chi connectivity index (χ4v) is 2.07. The predicted octanol–water partition coefficient (Wildman–Crippen LogP) is 3.37. The van der Waals surface area contributed by atoms with Crippen molar-refractivity contribution in [1.29, 1.82) is 0 Å². The number of amides is 1. The molecule has 1 aromatic heterocycles. The van der Waals surface area contributed by atoms with Crippen molar-refractivity contribution in [3.63, 3.8) is 0 Å². The first-order valence-electron chi connectivity index (χ1n) is 7.89. The molecule has 0 saturated heterocycles. The maximum absolute atomic E-state index is 12.8. The summed E-state index contributed by atoms with van der Waals surface area (Å²) in [6.07, 6.45) is 6.14. The summed E-state index contributed by atoms with van der Waals surface area (Å²) in [6.45, 7) is 2.98. The zero-order valence-electron chi connectivity index (χ0n) is 13.3. The average molecular weight is 319 g/mol. The van der Waals surface area contributed by atoms with E-state index in [2.05, 4.69) is 17.3 Å². The Hall–Kier alpha value is -2.37. The standard InChI is InChI=1S/C17H22FN3O2/c1-2-3-4-5-11-19-17(22)16-10-12-21(20-16)13-23-15-8-6-14(18)7-9-15/h6-10,12H,2-5,11,13H2,1H3,(H,19,22). The molecule has 23 heavy (non-hydrogen) atoms. The minimum atomic E-state index is -0.311. The minimum Gasteiger partial charge on any atom is -0.471 e. The topological polar surface area (TPSA) is 56.2 Å². The van der Waals surface area contributed by atoms with E-state index in [0.717, 1.165) is 12.8 Å². The van der Waals surface area contributed by atoms with Gasteiger partial charge in [0.1, 0.15) is 17.3 Å². The summed E-state index contributed by atoms with van der Waals surface area (Å²) >= 11 is 0. The largest absolute Gasteiger partial charge is 0.471 e. The van der Waals surface area contributed by atoms with Crippen LogP contribution >= 0.6 is 0 Å². The van der Waals surface area contributed by atoms with E-state index in [1.165, 1.54) is 29.7 Å². The highest BCUT2D eigenvalue weighted by Crippen LogP contribution is 2.11. The monoisotopic (exact) mass is 319 g/mol. The Morgan fingerprint density at radius 3 is 2.74 bits per heavy atom. The first-order valence-corrected chi connectivity index (χ1v) is 7.89. The smallest absolute Gasteiger partial charge is 0.271 e. The molecule has 0 bridgehead atoms. The lowest BCUT2D eigenvalue weighted by atomic mass is 10.2. The summed E-state index contributed by atoms with van der Waals surface area (Å²) in [5.41, 5.74) is 0.364. The fourth-order valence-electron chi connectivity index (χ4n) is 2.07. The molecule has 0 saturated carbocycles. The molecule has 1 amide bonds. The summed E-state index contributed by atoms with van der Waals surface area (Å²) in [5.74, 6) is 0.0557. The van der Waals surface area contributed by atoms with E-state index in [-0.39, 0.29) is 18.5 Å². The van der Waals surface area contributed by atoms with Crippen LogP contribution in [0.1, 0.15) is 43.1 Å². The first-order chi connectivity index (χ1) is 11.2. The van der Waals surface area contributed by atoms with Gasteiger partial charge in [-0.2, -0.15) is 5.10 Å². The van der Waals surface area contributed by atoms with Crippen molar-refractivity contribution in [1.82, 2.24) is 15.1 Å². The number of benzene rings is 1. The molecule has 2 rings (SSSR count). The van der Waals surface area contributed by atoms with Crippen molar-refractivity contribution in [3.8, 4) is 5.75 Å². The highest BCUT2D eigenvalue weighted by molar-refractivity contribution is 5.92. The molecule has 124 valence electrons. The third kappa shape index (κ3) is 5.73. The number of ether oxygens (including phenoxy) is 1. The van der Waals surface area contributed by atoms with E-state index in [0.29, 0.717) is 18.0 Å². The van der Waals surface area contributed by atoms with Crippen LogP contribution in [0.2, 0.25) is 0 Å². The predicted molar refractivity (Wildman–Crippen MR) is 85.7 cm³/mol. The number of unbranched alkanes of at least 4 members (excludes halogenated alkanes) is 3. The summed E-state index contributed by atoms with van der Waals surface area (Å²) in [5, 5.41) is 7.02. The van der Waals surface area contributed by atoms with Gasteiger partial charge >= 0.3 is 0 Å². The van der Waals surface area contributed by atoms with Crippen molar-refractivity contribution in [2.75, 3.05) is 6.54 Å². The van der Waals surface area contributed by atoms with Gasteiger partial charge < -0.3 is 10.1 Å². The normalized spacial score (nSPS) is 10.5. The van der Waals surface area contributed by atoms with Gasteiger partial charge in [-0.05, 0) is 36.8 Å². The second kappa shape index (κ2) is 8.92. The molecule has 0 aliphatic rings. The van der Waals surface area contributed by atoms with Crippen molar-refractivity contribution in [2.45, 2.75) is 39.3 Å². The molecule has 0 aliphatic heterocycles.